The van der Waals surface area contributed by atoms with Crippen LogP contribution in [0.1, 0.15) is 12.8 Å². The Morgan fingerprint density at radius 1 is 0.542 bits per heavy atom. The minimum absolute atomic E-state index is 0.0434. The summed E-state index contributed by atoms with van der Waals surface area (Å²) in [6, 6.07) is 0. The number of Topliss-reactive ketones (excluding diaryl/α,β-unsaturated/α-hetero) is 2. The Morgan fingerprint density at radius 3 is 1.24 bits per heavy atom. The molecule has 5 rings (SSSR count). The van der Waals surface area contributed by atoms with E-state index in [1.54, 1.807) is 0 Å². The summed E-state index contributed by atoms with van der Waals surface area (Å²) >= 11 is 22.1. The van der Waals surface area contributed by atoms with Gasteiger partial charge in [0.25, 0.3) is 15.3 Å². The number of nitrogens with one attached hydrogen (secondary N) is 5. The number of aliphatic hydroxyl groups is 3. The molecule has 5 saturated heterocycles. The first-order valence-electron chi connectivity index (χ1n) is 16.9. The van der Waals surface area contributed by atoms with Gasteiger partial charge in [-0.15, -0.1) is 30.3 Å². The summed E-state index contributed by atoms with van der Waals surface area (Å²) in [7, 11) is 0. The third-order valence-corrected chi connectivity index (χ3v) is 14.3. The summed E-state index contributed by atoms with van der Waals surface area (Å²) in [6.07, 6.45) is -7.40. The number of hydroxylamine groups is 10. The number of aliphatic hydroxyl groups excluding tert-OH is 3. The molecule has 8 unspecified atom stereocenters. The van der Waals surface area contributed by atoms with Crippen LogP contribution in [0.25, 0.3) is 0 Å². The maximum atomic E-state index is 11.2. The van der Waals surface area contributed by atoms with Crippen molar-refractivity contribution in [1.29, 1.82) is 0 Å². The highest BCUT2D eigenvalue weighted by atomic mass is 80.9. The molecule has 5 aliphatic rings. The van der Waals surface area contributed by atoms with Gasteiger partial charge in [0.1, 0.15) is 59.9 Å². The van der Waals surface area contributed by atoms with Gasteiger partial charge in [0.15, 0.2) is 24.1 Å². The van der Waals surface area contributed by atoms with E-state index >= 15 is 0 Å². The highest BCUT2D eigenvalue weighted by Crippen LogP contribution is 2.23. The van der Waals surface area contributed by atoms with Crippen molar-refractivity contribution in [3.05, 3.63) is 56.4 Å². The summed E-state index contributed by atoms with van der Waals surface area (Å²) in [4.78, 5) is 64.8. The number of alkyl halides is 5. The molecule has 8 atom stereocenters. The van der Waals surface area contributed by atoms with Crippen LogP contribution in [0.15, 0.2) is 0 Å². The van der Waals surface area contributed by atoms with Crippen LogP contribution >= 0.6 is 108 Å². The van der Waals surface area contributed by atoms with E-state index in [4.69, 9.17) is 15.3 Å². The van der Waals surface area contributed by atoms with Crippen molar-refractivity contribution >= 4 is 119 Å². The number of hydrogen-bond acceptors (Lipinski definition) is 19. The summed E-state index contributed by atoms with van der Waals surface area (Å²) < 4.78 is 0. The first-order chi connectivity index (χ1) is 27.4. The smallest absolute Gasteiger partial charge is 0.295 e. The van der Waals surface area contributed by atoms with Crippen LogP contribution in [0.5, 0.6) is 0 Å². The number of hydrogen-bond donors (Lipinski definition) is 8. The maximum Gasteiger partial charge on any atom is 0.295 e. The molecule has 0 aromatic rings. The van der Waals surface area contributed by atoms with E-state index in [0.717, 1.165) is 0 Å². The van der Waals surface area contributed by atoms with Crippen molar-refractivity contribution in [2.45, 2.75) is 73.6 Å². The lowest BCUT2D eigenvalue weighted by Crippen LogP contribution is -3.12. The SMILES string of the molecule is BrBr.O=C1C(Br)C[NH+]([O-])CC1Br.O=C1CC[NH+]([O-])CC1.O=[N+]([O-])OC1C[NH+]([O-])CC(O[N+](=O)[O-])C1O[N+](=O)[O-].[O-][NH+]1CC(Br)C(Br)C(Br)C1.[O-][NH+]1CC(O)C(O)C(O)C1. The summed E-state index contributed by atoms with van der Waals surface area (Å²) in [6.45, 7) is 1.79. The Labute approximate surface area is 392 Å². The zero-order valence-corrected chi connectivity index (χ0v) is 41.3. The Bertz CT molecular complexity index is 1200. The number of ketones is 2. The third-order valence-electron chi connectivity index (χ3n) is 8.24. The first-order valence-corrected chi connectivity index (χ1v) is 25.2. The van der Waals surface area contributed by atoms with Gasteiger partial charge < -0.3 is 81.2 Å². The molecule has 0 radical (unpaired) electrons. The fourth-order valence-electron chi connectivity index (χ4n) is 5.36. The van der Waals surface area contributed by atoms with Crippen LogP contribution < -0.4 is 25.3 Å². The molecule has 0 amide bonds. The van der Waals surface area contributed by atoms with Crippen LogP contribution in [0.4, 0.5) is 0 Å². The minimum atomic E-state index is -1.75. The normalized spacial score (nSPS) is 36.8. The largest absolute Gasteiger partial charge is 0.634 e. The predicted octanol–water partition coefficient (Wildman–Crippen LogP) is -5.85. The van der Waals surface area contributed by atoms with Crippen LogP contribution in [0.3, 0.4) is 0 Å². The van der Waals surface area contributed by atoms with Crippen LogP contribution in [0, 0.1) is 56.4 Å². The van der Waals surface area contributed by atoms with Crippen LogP contribution in [-0.2, 0) is 24.1 Å². The number of piperidine rings is 5. The molecule has 5 fully saturated rings. The lowest BCUT2D eigenvalue weighted by molar-refractivity contribution is -0.905. The number of nitrogens with zero attached hydrogens (tertiary/aromatic N) is 3. The van der Waals surface area contributed by atoms with Gasteiger partial charge in [-0.05, 0) is 0 Å². The molecule has 0 aliphatic carbocycles. The van der Waals surface area contributed by atoms with Gasteiger partial charge in [0.05, 0.1) is 66.6 Å². The minimum Gasteiger partial charge on any atom is -0.634 e. The number of carbonyl (C=O) groups excluding carboxylic acids is 2. The Balaban J connectivity index is 0.000000732. The Kier molecular flexibility index (Phi) is 30.7. The topological polar surface area (TPSA) is 389 Å². The second kappa shape index (κ2) is 30.8. The van der Waals surface area contributed by atoms with E-state index < -0.39 is 70.0 Å². The van der Waals surface area contributed by atoms with Gasteiger partial charge in [0, 0.05) is 28.3 Å². The van der Waals surface area contributed by atoms with Crippen LogP contribution in [0.2, 0.25) is 0 Å². The molecule has 0 aromatic carbocycles. The van der Waals surface area contributed by atoms with Crippen molar-refractivity contribution in [3.63, 3.8) is 0 Å². The zero-order valence-electron chi connectivity index (χ0n) is 30.2. The van der Waals surface area contributed by atoms with E-state index in [1.807, 2.05) is 0 Å². The average molecular weight is 1320 g/mol. The highest BCUT2D eigenvalue weighted by molar-refractivity contribution is 9.93. The van der Waals surface area contributed by atoms with Crippen LogP contribution in [-0.4, -0.2) is 168 Å². The molecular formula is C25H43Br7N8O19. The summed E-state index contributed by atoms with van der Waals surface area (Å²) in [5.41, 5.74) is 0. The number of quaternary nitrogens is 5. The summed E-state index contributed by atoms with van der Waals surface area (Å²) in [5, 5.41) is 107. The van der Waals surface area contributed by atoms with E-state index in [2.05, 4.69) is 122 Å². The number of rotatable bonds is 6. The van der Waals surface area contributed by atoms with E-state index in [9.17, 15) is 66.0 Å². The molecule has 346 valence electrons. The zero-order chi connectivity index (χ0) is 45.7. The molecule has 0 aromatic heterocycles. The number of halogens is 7. The highest BCUT2D eigenvalue weighted by Gasteiger charge is 2.45. The molecule has 34 heteroatoms. The van der Waals surface area contributed by atoms with E-state index in [1.165, 1.54) is 0 Å². The molecule has 8 N–H and O–H groups in total. The van der Waals surface area contributed by atoms with Crippen molar-refractivity contribution in [3.8, 4) is 0 Å². The van der Waals surface area contributed by atoms with E-state index in [-0.39, 0.29) is 59.2 Å². The van der Waals surface area contributed by atoms with Gasteiger partial charge >= 0.3 is 0 Å². The lowest BCUT2D eigenvalue weighted by Gasteiger charge is -2.38. The average Bonchev–Trinajstić information content (AvgIpc) is 3.12. The molecule has 0 bridgehead atoms. The second-order valence-electron chi connectivity index (χ2n) is 12.8. The van der Waals surface area contributed by atoms with Gasteiger partial charge in [0.2, 0.25) is 0 Å². The van der Waals surface area contributed by atoms with Crippen molar-refractivity contribution in [1.82, 2.24) is 0 Å². The van der Waals surface area contributed by atoms with Crippen molar-refractivity contribution in [2.75, 3.05) is 65.4 Å². The number of carbonyl (C=O) groups is 2. The second-order valence-corrected chi connectivity index (χ2v) is 18.5. The maximum absolute atomic E-state index is 11.2. The fraction of sp³-hybridized carbons (Fsp3) is 0.920. The quantitative estimate of drug-likeness (QED) is 0.0531. The van der Waals surface area contributed by atoms with Gasteiger partial charge in [-0.2, -0.15) is 0 Å². The Morgan fingerprint density at radius 2 is 0.881 bits per heavy atom. The van der Waals surface area contributed by atoms with E-state index in [0.29, 0.717) is 62.0 Å². The summed E-state index contributed by atoms with van der Waals surface area (Å²) in [5.74, 6) is 0.323. The molecule has 0 spiro atoms. The van der Waals surface area contributed by atoms with Gasteiger partial charge in [-0.25, -0.2) is 0 Å². The predicted molar refractivity (Wildman–Crippen MR) is 225 cm³/mol. The molecular weight excluding hydrogens is 1280 g/mol. The van der Waals surface area contributed by atoms with Gasteiger partial charge in [-0.1, -0.05) is 79.6 Å². The van der Waals surface area contributed by atoms with Crippen molar-refractivity contribution < 1.29 is 80.0 Å². The third kappa shape index (κ3) is 24.4. The van der Waals surface area contributed by atoms with Gasteiger partial charge in [-0.3, -0.25) is 9.59 Å². The molecule has 5 heterocycles. The van der Waals surface area contributed by atoms with Crippen molar-refractivity contribution in [2.24, 2.45) is 0 Å². The lowest BCUT2D eigenvalue weighted by atomic mass is 10.0. The fourth-order valence-corrected chi connectivity index (χ4v) is 9.32. The Hall–Kier alpha value is -0.220. The molecule has 0 saturated carbocycles. The molecule has 5 aliphatic heterocycles. The standard InChI is InChI=1S/C5H8Br3NO.C5H7Br2NO2.C5H8N4O10.C5H11NO4.C5H9NO2.Br2/c6-3-1-9(10)2-4(7)5(3)8;6-3-1-8(10)2-4(7)5(3)9;10-6-1-3(17-7(11)12)5(19-9(15)16)4(2-6)18-8(13)14;7-3-1-6(10)2-4(8)5(3)9;7-5-1-3-6(8)4-2-5;1-2/h3-5,9H,1-2H2;3-4,8H,1-2H2;3-6H,1-2H2;3-9H,1-2H2;6H,1-4H2;. The monoisotopic (exact) mass is 1310 g/mol. The molecule has 27 nitrogen and oxygen atoms in total. The first kappa shape index (κ1) is 58.8. The molecule has 59 heavy (non-hydrogen) atoms.